The Balaban J connectivity index is 1.50. The molecule has 0 atom stereocenters. The van der Waals surface area contributed by atoms with E-state index in [4.69, 9.17) is 32.7 Å². The molecule has 0 saturated heterocycles. The van der Waals surface area contributed by atoms with E-state index in [0.717, 1.165) is 9.87 Å². The number of nitrogens with zero attached hydrogens (tertiary/aromatic N) is 2. The molecule has 0 fully saturated rings. The summed E-state index contributed by atoms with van der Waals surface area (Å²) in [6.45, 7) is -0.216. The number of hydrogen-bond donors (Lipinski definition) is 1. The quantitative estimate of drug-likeness (QED) is 0.141. The zero-order valence-electron chi connectivity index (χ0n) is 21.6. The van der Waals surface area contributed by atoms with Crippen molar-refractivity contribution in [2.45, 2.75) is 11.5 Å². The summed E-state index contributed by atoms with van der Waals surface area (Å²) in [6.07, 6.45) is 1.40. The first-order valence-corrected chi connectivity index (χ1v) is 15.1. The number of carbonyl (C=O) groups is 1. The molecule has 0 radical (unpaired) electrons. The van der Waals surface area contributed by atoms with Crippen molar-refractivity contribution in [2.75, 3.05) is 18.0 Å². The maximum atomic E-state index is 13.4. The number of hydrazone groups is 1. The van der Waals surface area contributed by atoms with Crippen LogP contribution in [0.15, 0.2) is 105 Å². The second-order valence-electron chi connectivity index (χ2n) is 8.52. The Morgan fingerprint density at radius 2 is 1.66 bits per heavy atom. The summed E-state index contributed by atoms with van der Waals surface area (Å²) in [4.78, 5) is 12.9. The van der Waals surface area contributed by atoms with Crippen molar-refractivity contribution < 1.29 is 22.7 Å². The van der Waals surface area contributed by atoms with Crippen LogP contribution < -0.4 is 19.2 Å². The first-order chi connectivity index (χ1) is 19.7. The van der Waals surface area contributed by atoms with Crippen LogP contribution in [0.2, 0.25) is 10.0 Å². The molecular weight excluding hydrogens is 653 g/mol. The van der Waals surface area contributed by atoms with Crippen molar-refractivity contribution in [3.05, 3.63) is 117 Å². The van der Waals surface area contributed by atoms with E-state index in [0.29, 0.717) is 28.1 Å². The van der Waals surface area contributed by atoms with Crippen molar-refractivity contribution in [1.29, 1.82) is 0 Å². The van der Waals surface area contributed by atoms with Gasteiger partial charge < -0.3 is 9.47 Å². The fourth-order valence-electron chi connectivity index (χ4n) is 3.70. The van der Waals surface area contributed by atoms with Gasteiger partial charge >= 0.3 is 0 Å². The number of nitrogens with one attached hydrogen (secondary N) is 1. The van der Waals surface area contributed by atoms with Crippen molar-refractivity contribution in [2.24, 2.45) is 5.10 Å². The van der Waals surface area contributed by atoms with E-state index >= 15 is 0 Å². The van der Waals surface area contributed by atoms with Crippen LogP contribution in [0.4, 0.5) is 5.69 Å². The highest BCUT2D eigenvalue weighted by molar-refractivity contribution is 9.10. The first-order valence-electron chi connectivity index (χ1n) is 12.1. The van der Waals surface area contributed by atoms with Crippen LogP contribution in [-0.4, -0.2) is 34.2 Å². The van der Waals surface area contributed by atoms with Crippen LogP contribution in [-0.2, 0) is 21.4 Å². The number of halogens is 3. The Kier molecular flexibility index (Phi) is 10.3. The van der Waals surface area contributed by atoms with Crippen LogP contribution in [0.3, 0.4) is 0 Å². The fourth-order valence-corrected chi connectivity index (χ4v) is 6.00. The number of ether oxygens (including phenoxy) is 2. The number of hydrogen-bond acceptors (Lipinski definition) is 6. The van der Waals surface area contributed by atoms with Crippen LogP contribution in [0.1, 0.15) is 11.1 Å². The molecule has 212 valence electrons. The van der Waals surface area contributed by atoms with Gasteiger partial charge in [0.1, 0.15) is 13.2 Å². The predicted molar refractivity (Wildman–Crippen MR) is 165 cm³/mol. The van der Waals surface area contributed by atoms with Crippen LogP contribution in [0.25, 0.3) is 0 Å². The molecule has 0 aliphatic heterocycles. The fraction of sp³-hybridized carbons (Fsp3) is 0.103. The number of sulfonamides is 1. The number of anilines is 1. The van der Waals surface area contributed by atoms with Gasteiger partial charge in [0.05, 0.1) is 38.4 Å². The second-order valence-corrected chi connectivity index (χ2v) is 12.1. The smallest absolute Gasteiger partial charge is 0.264 e. The average molecular weight is 677 g/mol. The number of rotatable bonds is 11. The Hall–Kier alpha value is -3.57. The van der Waals surface area contributed by atoms with Gasteiger partial charge in [-0.05, 0) is 69.5 Å². The Labute approximate surface area is 256 Å². The summed E-state index contributed by atoms with van der Waals surface area (Å²) in [7, 11) is -2.60. The molecule has 0 aliphatic rings. The molecule has 0 aromatic heterocycles. The lowest BCUT2D eigenvalue weighted by Gasteiger charge is -2.24. The van der Waals surface area contributed by atoms with E-state index in [1.807, 2.05) is 30.3 Å². The molecule has 1 amide bonds. The molecule has 12 heteroatoms. The minimum Gasteiger partial charge on any atom is -0.493 e. The molecule has 0 spiro atoms. The Bertz CT molecular complexity index is 1660. The van der Waals surface area contributed by atoms with E-state index < -0.39 is 22.5 Å². The van der Waals surface area contributed by atoms with E-state index in [2.05, 4.69) is 26.5 Å². The van der Waals surface area contributed by atoms with Gasteiger partial charge in [0.2, 0.25) is 0 Å². The van der Waals surface area contributed by atoms with Gasteiger partial charge in [0, 0.05) is 0 Å². The minimum absolute atomic E-state index is 0.00823. The summed E-state index contributed by atoms with van der Waals surface area (Å²) in [6, 6.07) is 25.2. The van der Waals surface area contributed by atoms with Gasteiger partial charge in [-0.3, -0.25) is 9.10 Å². The largest absolute Gasteiger partial charge is 0.493 e. The van der Waals surface area contributed by atoms with Crippen molar-refractivity contribution in [3.63, 3.8) is 0 Å². The molecule has 0 saturated carbocycles. The van der Waals surface area contributed by atoms with Gasteiger partial charge in [-0.1, -0.05) is 71.7 Å². The standard InChI is InChI=1S/C29H24BrCl2N3O5S/c1-39-27-15-21(14-24(30)29(27)40-19-20-8-4-2-5-9-20)17-33-34-28(36)18-35(22-12-13-25(31)26(32)16-22)41(37,38)23-10-6-3-7-11-23/h2-17H,18-19H2,1H3,(H,34,36)/b33-17-. The van der Waals surface area contributed by atoms with Crippen LogP contribution >= 0.6 is 39.1 Å². The number of amides is 1. The Morgan fingerprint density at radius 3 is 2.32 bits per heavy atom. The highest BCUT2D eigenvalue weighted by Crippen LogP contribution is 2.37. The zero-order valence-corrected chi connectivity index (χ0v) is 25.5. The normalized spacial score (nSPS) is 11.3. The molecular formula is C29H24BrCl2N3O5S. The molecule has 0 heterocycles. The summed E-state index contributed by atoms with van der Waals surface area (Å²) >= 11 is 15.7. The van der Waals surface area contributed by atoms with E-state index in [-0.39, 0.29) is 20.6 Å². The predicted octanol–water partition coefficient (Wildman–Crippen LogP) is 6.69. The minimum atomic E-state index is -4.12. The summed E-state index contributed by atoms with van der Waals surface area (Å²) in [5.74, 6) is 0.296. The first kappa shape index (κ1) is 30.4. The number of methoxy groups -OCH3 is 1. The van der Waals surface area contributed by atoms with Gasteiger partial charge in [0.25, 0.3) is 15.9 Å². The average Bonchev–Trinajstić information content (AvgIpc) is 2.97. The summed E-state index contributed by atoms with van der Waals surface area (Å²) in [5, 5.41) is 4.40. The van der Waals surface area contributed by atoms with Crippen LogP contribution in [0.5, 0.6) is 11.5 Å². The molecule has 4 rings (SSSR count). The van der Waals surface area contributed by atoms with E-state index in [1.165, 1.54) is 43.7 Å². The van der Waals surface area contributed by atoms with E-state index in [9.17, 15) is 13.2 Å². The SMILES string of the molecule is COc1cc(/C=N\NC(=O)CN(c2ccc(Cl)c(Cl)c2)S(=O)(=O)c2ccccc2)cc(Br)c1OCc1ccccc1. The maximum absolute atomic E-state index is 13.4. The molecule has 41 heavy (non-hydrogen) atoms. The maximum Gasteiger partial charge on any atom is 0.264 e. The molecule has 0 bridgehead atoms. The van der Waals surface area contributed by atoms with Gasteiger partial charge in [0.15, 0.2) is 11.5 Å². The number of benzene rings is 4. The highest BCUT2D eigenvalue weighted by atomic mass is 79.9. The van der Waals surface area contributed by atoms with Gasteiger partial charge in [-0.2, -0.15) is 5.10 Å². The molecule has 0 aliphatic carbocycles. The molecule has 8 nitrogen and oxygen atoms in total. The topological polar surface area (TPSA) is 97.3 Å². The Morgan fingerprint density at radius 1 is 0.976 bits per heavy atom. The molecule has 0 unspecified atom stereocenters. The molecule has 4 aromatic rings. The van der Waals surface area contributed by atoms with E-state index in [1.54, 1.807) is 30.3 Å². The highest BCUT2D eigenvalue weighted by Gasteiger charge is 2.27. The second kappa shape index (κ2) is 13.9. The third-order valence-corrected chi connectivity index (χ3v) is 8.81. The third kappa shape index (κ3) is 7.80. The molecule has 4 aromatic carbocycles. The monoisotopic (exact) mass is 675 g/mol. The number of carbonyl (C=O) groups excluding carboxylic acids is 1. The lowest BCUT2D eigenvalue weighted by Crippen LogP contribution is -2.39. The van der Waals surface area contributed by atoms with Gasteiger partial charge in [-0.25, -0.2) is 13.8 Å². The van der Waals surface area contributed by atoms with Crippen molar-refractivity contribution >= 4 is 67.0 Å². The van der Waals surface area contributed by atoms with Gasteiger partial charge in [-0.15, -0.1) is 0 Å². The zero-order chi connectivity index (χ0) is 29.4. The summed E-state index contributed by atoms with van der Waals surface area (Å²) in [5.41, 5.74) is 4.14. The van der Waals surface area contributed by atoms with Crippen molar-refractivity contribution in [1.82, 2.24) is 5.43 Å². The molecule has 1 N–H and O–H groups in total. The lowest BCUT2D eigenvalue weighted by atomic mass is 10.2. The van der Waals surface area contributed by atoms with Crippen LogP contribution in [0, 0.1) is 0 Å². The lowest BCUT2D eigenvalue weighted by molar-refractivity contribution is -0.119. The third-order valence-electron chi connectivity index (χ3n) is 5.69. The van der Waals surface area contributed by atoms with Crippen molar-refractivity contribution in [3.8, 4) is 11.5 Å². The summed E-state index contributed by atoms with van der Waals surface area (Å²) < 4.78 is 39.9.